The van der Waals surface area contributed by atoms with Gasteiger partial charge in [-0.25, -0.2) is 4.39 Å². The quantitative estimate of drug-likeness (QED) is 0.545. The van der Waals surface area contributed by atoms with Crippen LogP contribution >= 0.6 is 0 Å². The number of aliphatic hydroxyl groups is 1. The van der Waals surface area contributed by atoms with Gasteiger partial charge in [0.15, 0.2) is 0 Å². The zero-order valence-corrected chi connectivity index (χ0v) is 19.9. The van der Waals surface area contributed by atoms with Crippen LogP contribution in [0, 0.1) is 5.82 Å². The lowest BCUT2D eigenvalue weighted by molar-refractivity contribution is 0.0443. The minimum Gasteiger partial charge on any atom is -0.497 e. The first-order chi connectivity index (χ1) is 14.0. The van der Waals surface area contributed by atoms with Gasteiger partial charge >= 0.3 is 0 Å². The predicted octanol–water partition coefficient (Wildman–Crippen LogP) is 6.35. The first-order valence-corrected chi connectivity index (χ1v) is 11.5. The second-order valence-corrected chi connectivity index (χ2v) is 11.7. The third-order valence-electron chi connectivity index (χ3n) is 5.72. The van der Waals surface area contributed by atoms with Gasteiger partial charge in [0.2, 0.25) is 9.76 Å². The van der Waals surface area contributed by atoms with E-state index in [0.29, 0.717) is 39.5 Å². The van der Waals surface area contributed by atoms with Crippen LogP contribution in [0.5, 0.6) is 5.75 Å². The summed E-state index contributed by atoms with van der Waals surface area (Å²) in [5, 5.41) is 11.6. The maximum atomic E-state index is 14.8. The third-order valence-corrected chi connectivity index (χ3v) is 6.95. The molecule has 0 saturated heterocycles. The molecule has 0 amide bonds. The first kappa shape index (κ1) is 23.0. The van der Waals surface area contributed by atoms with Crippen molar-refractivity contribution in [2.45, 2.75) is 76.5 Å². The normalized spacial score (nSPS) is 16.7. The number of rotatable bonds is 6. The van der Waals surface area contributed by atoms with Gasteiger partial charge in [0.25, 0.3) is 0 Å². The van der Waals surface area contributed by atoms with Gasteiger partial charge in [-0.15, -0.1) is 0 Å². The van der Waals surface area contributed by atoms with E-state index in [1.807, 2.05) is 18.2 Å². The lowest BCUT2D eigenvalue weighted by Crippen LogP contribution is -2.29. The molecular weight excluding hydrogens is 395 g/mol. The summed E-state index contributed by atoms with van der Waals surface area (Å²) in [6.07, 6.45) is 3.29. The Balaban J connectivity index is 2.11. The van der Waals surface area contributed by atoms with Crippen LogP contribution in [0.3, 0.4) is 0 Å². The van der Waals surface area contributed by atoms with Crippen LogP contribution in [-0.4, -0.2) is 22.0 Å². The molecule has 0 unspecified atom stereocenters. The van der Waals surface area contributed by atoms with Crippen LogP contribution < -0.4 is 4.74 Å². The molecule has 2 aromatic rings. The number of ether oxygens (including phenoxy) is 1. The van der Waals surface area contributed by atoms with Crippen LogP contribution in [0.4, 0.5) is 4.39 Å². The van der Waals surface area contributed by atoms with E-state index in [-0.39, 0.29) is 10.9 Å². The summed E-state index contributed by atoms with van der Waals surface area (Å²) in [7, 11) is 1.91. The number of hydrogen-bond acceptors (Lipinski definition) is 3. The van der Waals surface area contributed by atoms with Crippen molar-refractivity contribution >= 4 is 9.76 Å². The molecule has 1 N–H and O–H groups in total. The van der Waals surface area contributed by atoms with Crippen LogP contribution in [0.2, 0.25) is 5.04 Å². The predicted molar refractivity (Wildman–Crippen MR) is 120 cm³/mol. The van der Waals surface area contributed by atoms with Crippen LogP contribution in [0.15, 0.2) is 36.4 Å². The van der Waals surface area contributed by atoms with Crippen molar-refractivity contribution in [2.24, 2.45) is 0 Å². The van der Waals surface area contributed by atoms with Crippen molar-refractivity contribution in [3.63, 3.8) is 0 Å². The molecule has 0 spiro atoms. The van der Waals surface area contributed by atoms with Gasteiger partial charge in [-0.2, -0.15) is 0 Å². The van der Waals surface area contributed by atoms with Gasteiger partial charge in [0.05, 0.1) is 18.3 Å². The first-order valence-electron chi connectivity index (χ1n) is 10.6. The highest BCUT2D eigenvalue weighted by Crippen LogP contribution is 2.45. The van der Waals surface area contributed by atoms with Gasteiger partial charge in [0, 0.05) is 5.56 Å². The highest BCUT2D eigenvalue weighted by atomic mass is 28.2. The van der Waals surface area contributed by atoms with Crippen molar-refractivity contribution in [1.29, 1.82) is 0 Å². The molecule has 30 heavy (non-hydrogen) atoms. The Morgan fingerprint density at radius 2 is 1.63 bits per heavy atom. The molecule has 1 saturated carbocycles. The molecule has 0 atom stereocenters. The molecule has 0 heterocycles. The van der Waals surface area contributed by atoms with E-state index in [1.54, 1.807) is 19.2 Å². The standard InChI is InChI=1S/C25H33FO3Si/c1-23(2,3)30-29-24(4,5)17-9-11-19(20-16-18(28-6)10-12-22(20)26)21(15-17)25(27)13-7-8-14-25/h9-12,15-16,27H,7-8,13-14H2,1-6H3. The topological polar surface area (TPSA) is 38.7 Å². The Kier molecular flexibility index (Phi) is 6.47. The molecule has 1 fully saturated rings. The minimum atomic E-state index is -0.955. The van der Waals surface area contributed by atoms with Gasteiger partial charge in [-0.1, -0.05) is 45.7 Å². The second-order valence-electron chi connectivity index (χ2n) is 9.81. The number of halogens is 1. The van der Waals surface area contributed by atoms with Crippen LogP contribution in [-0.2, 0) is 15.6 Å². The monoisotopic (exact) mass is 428 g/mol. The summed E-state index contributed by atoms with van der Waals surface area (Å²) >= 11 is 0. The molecule has 162 valence electrons. The van der Waals surface area contributed by atoms with Crippen molar-refractivity contribution < 1.29 is 18.7 Å². The molecule has 0 bridgehead atoms. The van der Waals surface area contributed by atoms with Gasteiger partial charge in [0.1, 0.15) is 11.6 Å². The molecule has 1 aliphatic rings. The third kappa shape index (κ3) is 4.96. The number of hydrogen-bond donors (Lipinski definition) is 1. The fourth-order valence-electron chi connectivity index (χ4n) is 3.95. The molecule has 3 nitrogen and oxygen atoms in total. The second kappa shape index (κ2) is 8.44. The molecule has 1 aliphatic carbocycles. The number of methoxy groups -OCH3 is 1. The summed E-state index contributed by atoms with van der Waals surface area (Å²) in [6, 6.07) is 10.7. The fourth-order valence-corrected chi connectivity index (χ4v) is 4.62. The maximum Gasteiger partial charge on any atom is 0.236 e. The average molecular weight is 429 g/mol. The Labute approximate surface area is 182 Å². The molecule has 5 heteroatoms. The van der Waals surface area contributed by atoms with E-state index >= 15 is 0 Å². The summed E-state index contributed by atoms with van der Waals surface area (Å²) in [6.45, 7) is 10.6. The van der Waals surface area contributed by atoms with Crippen molar-refractivity contribution in [3.8, 4) is 16.9 Å². The zero-order chi connectivity index (χ0) is 22.2. The molecular formula is C25H33FO3Si. The van der Waals surface area contributed by atoms with Gasteiger partial charge in [-0.3, -0.25) is 0 Å². The summed E-state index contributed by atoms with van der Waals surface area (Å²) < 4.78 is 26.4. The van der Waals surface area contributed by atoms with E-state index in [1.165, 1.54) is 6.07 Å². The lowest BCUT2D eigenvalue weighted by Gasteiger charge is -2.32. The molecule has 2 radical (unpaired) electrons. The average Bonchev–Trinajstić information content (AvgIpc) is 3.14. The smallest absolute Gasteiger partial charge is 0.236 e. The Morgan fingerprint density at radius 1 is 0.967 bits per heavy atom. The fraction of sp³-hybridized carbons (Fsp3) is 0.520. The van der Waals surface area contributed by atoms with E-state index in [0.717, 1.165) is 24.0 Å². The Hall–Kier alpha value is -1.69. The Bertz CT molecular complexity index is 896. The highest BCUT2D eigenvalue weighted by molar-refractivity contribution is 6.31. The zero-order valence-electron chi connectivity index (χ0n) is 18.9. The highest BCUT2D eigenvalue weighted by Gasteiger charge is 2.37. The maximum absolute atomic E-state index is 14.8. The minimum absolute atomic E-state index is 0.0768. The largest absolute Gasteiger partial charge is 0.497 e. The van der Waals surface area contributed by atoms with E-state index in [9.17, 15) is 9.50 Å². The molecule has 0 aliphatic heterocycles. The molecule has 3 rings (SSSR count). The van der Waals surface area contributed by atoms with Gasteiger partial charge in [-0.05, 0) is 72.7 Å². The van der Waals surface area contributed by atoms with Gasteiger partial charge < -0.3 is 14.3 Å². The van der Waals surface area contributed by atoms with Crippen LogP contribution in [0.25, 0.3) is 11.1 Å². The van der Waals surface area contributed by atoms with Crippen LogP contribution in [0.1, 0.15) is 71.4 Å². The van der Waals surface area contributed by atoms with Crippen molar-refractivity contribution in [1.82, 2.24) is 0 Å². The van der Waals surface area contributed by atoms with E-state index in [4.69, 9.17) is 9.16 Å². The van der Waals surface area contributed by atoms with Crippen molar-refractivity contribution in [3.05, 3.63) is 53.3 Å². The summed E-state index contributed by atoms with van der Waals surface area (Å²) in [5.74, 6) is 0.269. The van der Waals surface area contributed by atoms with E-state index < -0.39 is 11.2 Å². The van der Waals surface area contributed by atoms with E-state index in [2.05, 4.69) is 34.6 Å². The Morgan fingerprint density at radius 3 is 2.23 bits per heavy atom. The molecule has 0 aromatic heterocycles. The number of benzene rings is 2. The lowest BCUT2D eigenvalue weighted by atomic mass is 9.82. The SMILES string of the molecule is COc1ccc(F)c(-c2ccc(C(C)(C)O[Si]C(C)(C)C)cc2C2(O)CCCC2)c1. The molecule has 2 aromatic carbocycles. The summed E-state index contributed by atoms with van der Waals surface area (Å²) in [4.78, 5) is 0. The van der Waals surface area contributed by atoms with Crippen molar-refractivity contribution in [2.75, 3.05) is 7.11 Å². The summed E-state index contributed by atoms with van der Waals surface area (Å²) in [5.41, 5.74) is 1.46.